The normalized spacial score (nSPS) is 11.8. The van der Waals surface area contributed by atoms with Crippen molar-refractivity contribution in [1.29, 1.82) is 0 Å². The van der Waals surface area contributed by atoms with Crippen LogP contribution in [0.15, 0.2) is 109 Å². The third-order valence-electron chi connectivity index (χ3n) is 6.46. The van der Waals surface area contributed by atoms with Crippen LogP contribution in [0.5, 0.6) is 0 Å². The lowest BCUT2D eigenvalue weighted by molar-refractivity contribution is 1.18. The maximum absolute atomic E-state index is 6.23. The molecule has 0 saturated heterocycles. The lowest BCUT2D eigenvalue weighted by Gasteiger charge is -2.08. The van der Waals surface area contributed by atoms with Crippen LogP contribution in [0.1, 0.15) is 0 Å². The maximum atomic E-state index is 6.23. The van der Waals surface area contributed by atoms with E-state index in [1.807, 2.05) is 6.07 Å². The number of benzene rings is 5. The van der Waals surface area contributed by atoms with E-state index in [1.54, 1.807) is 11.3 Å². The van der Waals surface area contributed by atoms with Crippen molar-refractivity contribution in [2.75, 3.05) is 0 Å². The van der Waals surface area contributed by atoms with Crippen LogP contribution < -0.4 is 0 Å². The molecule has 0 unspecified atom stereocenters. The Balaban J connectivity index is 1.45. The molecular weight excluding hydrogens is 442 g/mol. The fraction of sp³-hybridized carbons (Fsp3) is 0. The Kier molecular flexibility index (Phi) is 4.14. The second-order valence-corrected chi connectivity index (χ2v) is 9.89. The lowest BCUT2D eigenvalue weighted by Crippen LogP contribution is -1.92. The molecule has 0 aliphatic heterocycles. The highest BCUT2D eigenvalue weighted by Gasteiger charge is 2.13. The van der Waals surface area contributed by atoms with E-state index in [2.05, 4.69) is 108 Å². The second kappa shape index (κ2) is 7.21. The fourth-order valence-electron chi connectivity index (χ4n) is 4.94. The topological polar surface area (TPSA) is 4.93 Å². The van der Waals surface area contributed by atoms with Gasteiger partial charge >= 0.3 is 0 Å². The maximum Gasteiger partial charge on any atom is 0.0541 e. The van der Waals surface area contributed by atoms with Crippen LogP contribution in [0, 0.1) is 0 Å². The molecule has 0 aliphatic rings. The Hall–Kier alpha value is -3.59. The van der Waals surface area contributed by atoms with Crippen LogP contribution in [0.3, 0.4) is 0 Å². The van der Waals surface area contributed by atoms with Crippen molar-refractivity contribution in [3.63, 3.8) is 0 Å². The number of rotatable bonds is 2. The summed E-state index contributed by atoms with van der Waals surface area (Å²) in [5, 5.41) is 5.89. The van der Waals surface area contributed by atoms with Gasteiger partial charge in [0.05, 0.1) is 11.0 Å². The summed E-state index contributed by atoms with van der Waals surface area (Å²) >= 11 is 8.03. The van der Waals surface area contributed by atoms with Crippen molar-refractivity contribution in [1.82, 2.24) is 4.57 Å². The molecule has 2 heterocycles. The van der Waals surface area contributed by atoms with Gasteiger partial charge in [-0.05, 0) is 59.7 Å². The quantitative estimate of drug-likeness (QED) is 0.242. The first-order valence-corrected chi connectivity index (χ1v) is 12.2. The first-order valence-electron chi connectivity index (χ1n) is 11.0. The molecular formula is C30H18ClNS. The molecule has 0 N–H and O–H groups in total. The lowest BCUT2D eigenvalue weighted by atomic mass is 10.0. The zero-order valence-electron chi connectivity index (χ0n) is 17.6. The number of hydrogen-bond donors (Lipinski definition) is 0. The average molecular weight is 460 g/mol. The number of fused-ring (bicyclic) bond motifs is 6. The van der Waals surface area contributed by atoms with E-state index < -0.39 is 0 Å². The van der Waals surface area contributed by atoms with Gasteiger partial charge in [-0.25, -0.2) is 0 Å². The third-order valence-corrected chi connectivity index (χ3v) is 7.81. The van der Waals surface area contributed by atoms with E-state index in [0.717, 1.165) is 5.02 Å². The van der Waals surface area contributed by atoms with Gasteiger partial charge in [-0.3, -0.25) is 0 Å². The van der Waals surface area contributed by atoms with Gasteiger partial charge < -0.3 is 4.57 Å². The van der Waals surface area contributed by atoms with Gasteiger partial charge in [-0.2, -0.15) is 0 Å². The Morgan fingerprint density at radius 2 is 1.18 bits per heavy atom. The SMILES string of the molecule is Clc1ccc2c(c1)sc1cc(-c3ccc4c(c3)c3ccccc3n4-c3ccccc3)ccc12. The van der Waals surface area contributed by atoms with Gasteiger partial charge in [-0.1, -0.05) is 72.3 Å². The highest BCUT2D eigenvalue weighted by atomic mass is 35.5. The summed E-state index contributed by atoms with van der Waals surface area (Å²) in [5.74, 6) is 0. The summed E-state index contributed by atoms with van der Waals surface area (Å²) in [6.45, 7) is 0. The molecule has 0 saturated carbocycles. The van der Waals surface area contributed by atoms with Gasteiger partial charge in [0.1, 0.15) is 0 Å². The summed E-state index contributed by atoms with van der Waals surface area (Å²) in [5.41, 5.74) is 6.10. The molecule has 3 heteroatoms. The summed E-state index contributed by atoms with van der Waals surface area (Å²) in [7, 11) is 0. The van der Waals surface area contributed by atoms with Crippen molar-refractivity contribution in [3.8, 4) is 16.8 Å². The van der Waals surface area contributed by atoms with Gasteiger partial charge in [-0.15, -0.1) is 11.3 Å². The predicted molar refractivity (Wildman–Crippen MR) is 144 cm³/mol. The summed E-state index contributed by atoms with van der Waals surface area (Å²) in [4.78, 5) is 0. The van der Waals surface area contributed by atoms with E-state index in [1.165, 1.54) is 58.8 Å². The first-order chi connectivity index (χ1) is 16.3. The zero-order valence-corrected chi connectivity index (χ0v) is 19.2. The molecule has 2 aromatic heterocycles. The zero-order chi connectivity index (χ0) is 21.9. The van der Waals surface area contributed by atoms with Crippen LogP contribution in [-0.4, -0.2) is 4.57 Å². The summed E-state index contributed by atoms with van der Waals surface area (Å²) in [6.07, 6.45) is 0. The van der Waals surface area contributed by atoms with Crippen LogP contribution >= 0.6 is 22.9 Å². The molecule has 0 amide bonds. The molecule has 0 atom stereocenters. The van der Waals surface area contributed by atoms with E-state index in [-0.39, 0.29) is 0 Å². The molecule has 1 nitrogen and oxygen atoms in total. The molecule has 7 rings (SSSR count). The van der Waals surface area contributed by atoms with Crippen molar-refractivity contribution in [2.45, 2.75) is 0 Å². The molecule has 0 aliphatic carbocycles. The van der Waals surface area contributed by atoms with Crippen molar-refractivity contribution in [3.05, 3.63) is 114 Å². The smallest absolute Gasteiger partial charge is 0.0541 e. The van der Waals surface area contributed by atoms with Gasteiger partial charge in [0.15, 0.2) is 0 Å². The minimum atomic E-state index is 0.787. The predicted octanol–water partition coefficient (Wildman–Crippen LogP) is 9.47. The molecule has 0 bridgehead atoms. The van der Waals surface area contributed by atoms with E-state index in [0.29, 0.717) is 0 Å². The van der Waals surface area contributed by atoms with Crippen LogP contribution in [0.25, 0.3) is 58.8 Å². The largest absolute Gasteiger partial charge is 0.309 e. The monoisotopic (exact) mass is 459 g/mol. The number of halogens is 1. The van der Waals surface area contributed by atoms with Crippen molar-refractivity contribution < 1.29 is 0 Å². The van der Waals surface area contributed by atoms with Gasteiger partial charge in [0, 0.05) is 41.7 Å². The number of thiophene rings is 1. The summed E-state index contributed by atoms with van der Waals surface area (Å²) < 4.78 is 4.88. The molecule has 5 aromatic carbocycles. The fourth-order valence-corrected chi connectivity index (χ4v) is 6.36. The molecule has 0 radical (unpaired) electrons. The number of nitrogens with zero attached hydrogens (tertiary/aromatic N) is 1. The standard InChI is InChI=1S/C30H18ClNS/c31-21-12-14-25-24-13-10-20(17-29(24)33-30(25)18-21)19-11-15-28-26(16-19)23-8-4-5-9-27(23)32(28)22-6-2-1-3-7-22/h1-18H. The van der Waals surface area contributed by atoms with E-state index in [9.17, 15) is 0 Å². The van der Waals surface area contributed by atoms with Gasteiger partial charge in [0.25, 0.3) is 0 Å². The summed E-state index contributed by atoms with van der Waals surface area (Å²) in [6, 6.07) is 39.0. The number of hydrogen-bond acceptors (Lipinski definition) is 1. The van der Waals surface area contributed by atoms with Gasteiger partial charge in [0.2, 0.25) is 0 Å². The highest BCUT2D eigenvalue weighted by molar-refractivity contribution is 7.25. The Morgan fingerprint density at radius 1 is 0.515 bits per heavy atom. The van der Waals surface area contributed by atoms with Crippen molar-refractivity contribution >= 4 is 64.9 Å². The number of aromatic nitrogens is 1. The Morgan fingerprint density at radius 3 is 2.06 bits per heavy atom. The minimum Gasteiger partial charge on any atom is -0.309 e. The van der Waals surface area contributed by atoms with Crippen molar-refractivity contribution in [2.24, 2.45) is 0 Å². The molecule has 0 spiro atoms. The average Bonchev–Trinajstić information content (AvgIpc) is 3.38. The molecule has 156 valence electrons. The van der Waals surface area contributed by atoms with Crippen LogP contribution in [0.2, 0.25) is 5.02 Å². The Labute approximate surface area is 200 Å². The molecule has 7 aromatic rings. The second-order valence-electron chi connectivity index (χ2n) is 8.37. The third kappa shape index (κ3) is 2.92. The van der Waals surface area contributed by atoms with Crippen LogP contribution in [0.4, 0.5) is 0 Å². The number of para-hydroxylation sites is 2. The minimum absolute atomic E-state index is 0.787. The van der Waals surface area contributed by atoms with Crippen LogP contribution in [-0.2, 0) is 0 Å². The highest BCUT2D eigenvalue weighted by Crippen LogP contribution is 2.39. The molecule has 0 fully saturated rings. The Bertz CT molecular complexity index is 1830. The first kappa shape index (κ1) is 18.9. The van der Waals surface area contributed by atoms with E-state index >= 15 is 0 Å². The molecule has 33 heavy (non-hydrogen) atoms. The van der Waals surface area contributed by atoms with E-state index in [4.69, 9.17) is 11.6 Å².